The minimum absolute atomic E-state index is 0.0156. The molecule has 0 aliphatic carbocycles. The Morgan fingerprint density at radius 3 is 2.32 bits per heavy atom. The topological polar surface area (TPSA) is 114 Å². The van der Waals surface area contributed by atoms with Crippen molar-refractivity contribution >= 4 is 33.2 Å². The van der Waals surface area contributed by atoms with Gasteiger partial charge in [0.25, 0.3) is 21.8 Å². The number of carbonyl (C=O) groups excluding carboxylic acids is 2. The SMILES string of the molecule is Cc1ccc(NS(=O)(=O)c2ccc(OCC(=O)N3C[C@H](C(=O)NCc4ccccc4)Oc4ccccc43)cc2)cc1. The first-order chi connectivity index (χ1) is 19.8. The van der Waals surface area contributed by atoms with Gasteiger partial charge in [0.15, 0.2) is 12.7 Å². The van der Waals surface area contributed by atoms with Gasteiger partial charge in [0.05, 0.1) is 17.1 Å². The molecule has 0 spiro atoms. The first-order valence-electron chi connectivity index (χ1n) is 13.0. The second-order valence-electron chi connectivity index (χ2n) is 9.51. The molecule has 0 saturated heterocycles. The maximum Gasteiger partial charge on any atom is 0.265 e. The van der Waals surface area contributed by atoms with Crippen LogP contribution in [0.15, 0.2) is 108 Å². The molecule has 1 atom stereocenters. The van der Waals surface area contributed by atoms with E-state index in [2.05, 4.69) is 10.0 Å². The molecule has 2 amide bonds. The van der Waals surface area contributed by atoms with E-state index in [0.29, 0.717) is 29.4 Å². The highest BCUT2D eigenvalue weighted by molar-refractivity contribution is 7.92. The summed E-state index contributed by atoms with van der Waals surface area (Å²) in [6, 6.07) is 29.3. The van der Waals surface area contributed by atoms with Crippen LogP contribution >= 0.6 is 0 Å². The minimum Gasteiger partial charge on any atom is -0.484 e. The molecule has 0 unspecified atom stereocenters. The number of benzene rings is 4. The molecule has 1 heterocycles. The molecule has 9 nitrogen and oxygen atoms in total. The summed E-state index contributed by atoms with van der Waals surface area (Å²) in [7, 11) is -3.79. The number of sulfonamides is 1. The van der Waals surface area contributed by atoms with Crippen LogP contribution in [0.1, 0.15) is 11.1 Å². The van der Waals surface area contributed by atoms with E-state index in [-0.39, 0.29) is 29.9 Å². The van der Waals surface area contributed by atoms with Gasteiger partial charge >= 0.3 is 0 Å². The van der Waals surface area contributed by atoms with Crippen LogP contribution < -0.4 is 24.4 Å². The molecular formula is C31H29N3O6S. The van der Waals surface area contributed by atoms with E-state index in [1.807, 2.05) is 49.4 Å². The van der Waals surface area contributed by atoms with Crippen LogP contribution in [-0.2, 0) is 26.2 Å². The Morgan fingerprint density at radius 1 is 0.902 bits per heavy atom. The zero-order valence-electron chi connectivity index (χ0n) is 22.3. The summed E-state index contributed by atoms with van der Waals surface area (Å²) in [4.78, 5) is 27.7. The first-order valence-corrected chi connectivity index (χ1v) is 14.5. The van der Waals surface area contributed by atoms with Gasteiger partial charge in [-0.25, -0.2) is 8.42 Å². The number of nitrogens with one attached hydrogen (secondary N) is 2. The quantitative estimate of drug-likeness (QED) is 0.310. The van der Waals surface area contributed by atoms with Crippen molar-refractivity contribution in [1.29, 1.82) is 0 Å². The van der Waals surface area contributed by atoms with Crippen LogP contribution in [0.2, 0.25) is 0 Å². The first kappa shape index (κ1) is 27.7. The van der Waals surface area contributed by atoms with Crippen LogP contribution in [0.25, 0.3) is 0 Å². The number of ether oxygens (including phenoxy) is 2. The van der Waals surface area contributed by atoms with E-state index in [4.69, 9.17) is 9.47 Å². The standard InChI is InChI=1S/C31H29N3O6S/c1-22-11-13-24(14-12-22)33-41(37,38)26-17-15-25(16-18-26)39-21-30(35)34-20-29(40-28-10-6-5-9-27(28)34)31(36)32-19-23-7-3-2-4-8-23/h2-18,29,33H,19-21H2,1H3,(H,32,36)/t29-/m1/s1. The summed E-state index contributed by atoms with van der Waals surface area (Å²) in [5, 5.41) is 2.86. The van der Waals surface area contributed by atoms with Crippen LogP contribution in [0.3, 0.4) is 0 Å². The lowest BCUT2D eigenvalue weighted by atomic mass is 10.1. The molecule has 10 heteroatoms. The van der Waals surface area contributed by atoms with Gasteiger partial charge in [0, 0.05) is 12.2 Å². The molecule has 1 aliphatic heterocycles. The van der Waals surface area contributed by atoms with Crippen molar-refractivity contribution in [2.45, 2.75) is 24.5 Å². The van der Waals surface area contributed by atoms with Crippen molar-refractivity contribution in [3.63, 3.8) is 0 Å². The summed E-state index contributed by atoms with van der Waals surface area (Å²) in [5.74, 6) is 0.0337. The fourth-order valence-corrected chi connectivity index (χ4v) is 5.34. The molecule has 0 saturated carbocycles. The van der Waals surface area contributed by atoms with Gasteiger partial charge in [-0.2, -0.15) is 0 Å². The van der Waals surface area contributed by atoms with E-state index < -0.39 is 16.1 Å². The molecule has 0 bridgehead atoms. The van der Waals surface area contributed by atoms with Gasteiger partial charge in [-0.1, -0.05) is 60.2 Å². The van der Waals surface area contributed by atoms with Gasteiger partial charge in [0.2, 0.25) is 0 Å². The monoisotopic (exact) mass is 571 g/mol. The van der Waals surface area contributed by atoms with Crippen LogP contribution in [0, 0.1) is 6.92 Å². The van der Waals surface area contributed by atoms with Gasteiger partial charge in [-0.05, 0) is 61.0 Å². The average Bonchev–Trinajstić information content (AvgIpc) is 3.00. The second kappa shape index (κ2) is 12.1. The van der Waals surface area contributed by atoms with Crippen LogP contribution in [0.5, 0.6) is 11.5 Å². The number of aryl methyl sites for hydroxylation is 1. The van der Waals surface area contributed by atoms with Gasteiger partial charge in [-0.3, -0.25) is 14.3 Å². The number of nitrogens with zero attached hydrogens (tertiary/aromatic N) is 1. The van der Waals surface area contributed by atoms with Crippen molar-refractivity contribution in [3.05, 3.63) is 114 Å². The zero-order valence-corrected chi connectivity index (χ0v) is 23.1. The summed E-state index contributed by atoms with van der Waals surface area (Å²) in [5.41, 5.74) is 2.96. The fraction of sp³-hybridized carbons (Fsp3) is 0.161. The van der Waals surface area contributed by atoms with E-state index in [9.17, 15) is 18.0 Å². The molecule has 1 aliphatic rings. The van der Waals surface area contributed by atoms with Crippen LogP contribution in [-0.4, -0.2) is 39.5 Å². The molecular weight excluding hydrogens is 542 g/mol. The highest BCUT2D eigenvalue weighted by atomic mass is 32.2. The number of fused-ring (bicyclic) bond motifs is 1. The Kier molecular flexibility index (Phi) is 8.21. The van der Waals surface area contributed by atoms with E-state index >= 15 is 0 Å². The number of carbonyl (C=O) groups is 2. The zero-order chi connectivity index (χ0) is 28.8. The van der Waals surface area contributed by atoms with Gasteiger partial charge in [-0.15, -0.1) is 0 Å². The molecule has 41 heavy (non-hydrogen) atoms. The van der Waals surface area contributed by atoms with Crippen molar-refractivity contribution in [2.24, 2.45) is 0 Å². The van der Waals surface area contributed by atoms with Gasteiger partial charge < -0.3 is 19.7 Å². The van der Waals surface area contributed by atoms with Crippen molar-refractivity contribution in [1.82, 2.24) is 5.32 Å². The Morgan fingerprint density at radius 2 is 1.59 bits per heavy atom. The third-order valence-electron chi connectivity index (χ3n) is 6.48. The summed E-state index contributed by atoms with van der Waals surface area (Å²) in [6.45, 7) is 1.95. The van der Waals surface area contributed by atoms with E-state index in [0.717, 1.165) is 11.1 Å². The highest BCUT2D eigenvalue weighted by Gasteiger charge is 2.33. The maximum absolute atomic E-state index is 13.2. The lowest BCUT2D eigenvalue weighted by Crippen LogP contribution is -2.51. The lowest BCUT2D eigenvalue weighted by molar-refractivity contribution is -0.128. The number of hydrogen-bond donors (Lipinski definition) is 2. The number of amides is 2. The molecule has 0 radical (unpaired) electrons. The van der Waals surface area contributed by atoms with E-state index in [1.54, 1.807) is 36.4 Å². The van der Waals surface area contributed by atoms with Gasteiger partial charge in [0.1, 0.15) is 11.5 Å². The lowest BCUT2D eigenvalue weighted by Gasteiger charge is -2.34. The molecule has 2 N–H and O–H groups in total. The largest absolute Gasteiger partial charge is 0.484 e. The normalized spacial score (nSPS) is 14.4. The fourth-order valence-electron chi connectivity index (χ4n) is 4.28. The molecule has 4 aromatic rings. The van der Waals surface area contributed by atoms with Crippen molar-refractivity contribution in [2.75, 3.05) is 22.8 Å². The molecule has 210 valence electrons. The number of hydrogen-bond acceptors (Lipinski definition) is 6. The molecule has 0 fully saturated rings. The maximum atomic E-state index is 13.2. The Bertz CT molecular complexity index is 1620. The Labute approximate surface area is 238 Å². The van der Waals surface area contributed by atoms with E-state index in [1.165, 1.54) is 29.2 Å². The highest BCUT2D eigenvalue weighted by Crippen LogP contribution is 2.33. The summed E-state index contributed by atoms with van der Waals surface area (Å²) < 4.78 is 39.6. The second-order valence-corrected chi connectivity index (χ2v) is 11.2. The predicted molar refractivity (Wildman–Crippen MR) is 155 cm³/mol. The number of anilines is 2. The van der Waals surface area contributed by atoms with Crippen molar-refractivity contribution in [3.8, 4) is 11.5 Å². The number of rotatable bonds is 9. The third-order valence-corrected chi connectivity index (χ3v) is 7.87. The molecule has 4 aromatic carbocycles. The van der Waals surface area contributed by atoms with Crippen molar-refractivity contribution < 1.29 is 27.5 Å². The predicted octanol–water partition coefficient (Wildman–Crippen LogP) is 4.29. The Hall–Kier alpha value is -4.83. The summed E-state index contributed by atoms with van der Waals surface area (Å²) in [6.07, 6.45) is -0.900. The third kappa shape index (κ3) is 6.85. The number of para-hydroxylation sites is 2. The van der Waals surface area contributed by atoms with Crippen LogP contribution in [0.4, 0.5) is 11.4 Å². The average molecular weight is 572 g/mol. The summed E-state index contributed by atoms with van der Waals surface area (Å²) >= 11 is 0. The minimum atomic E-state index is -3.79. The molecule has 5 rings (SSSR count). The smallest absolute Gasteiger partial charge is 0.265 e. The Balaban J connectivity index is 1.21. The molecule has 0 aromatic heterocycles.